The molecular formula is C46H76O26. The minimum Gasteiger partial charge on any atom is -0.463 e. The van der Waals surface area contributed by atoms with Gasteiger partial charge in [-0.25, -0.2) is 0 Å². The SMILES string of the molecule is C[C@@H]1O[C@@H](OC[C@H]2O[C@@H](OC3CC4C(O)CC(O[C@@H]5O[C@H](COC(=O)C6CCC(O[C@@H]7O[C@H](CO)[C@@H](O)[C@H](O)[C@H]7O)CC6)[C@@H](O)[C@H](O)[C@H]5O)CC4OC3C3CCC(O)CC3)[C@H](O)[C@@H](O)[C@@H]2O)[C@H](O)[C@H](O)[C@H]1O. The lowest BCUT2D eigenvalue weighted by molar-refractivity contribution is -0.348. The number of aliphatic hydroxyl groups is 15. The number of ether oxygens (including phenoxy) is 10. The van der Waals surface area contributed by atoms with E-state index in [4.69, 9.17) is 47.4 Å². The number of hydrogen-bond donors (Lipinski definition) is 15. The monoisotopic (exact) mass is 1040 g/mol. The van der Waals surface area contributed by atoms with Gasteiger partial charge in [-0.1, -0.05) is 0 Å². The number of rotatable bonds is 14. The first-order valence-corrected chi connectivity index (χ1v) is 25.4. The van der Waals surface area contributed by atoms with Crippen LogP contribution in [0.1, 0.15) is 77.6 Å². The average Bonchev–Trinajstić information content (AvgIpc) is 3.37. The van der Waals surface area contributed by atoms with Crippen molar-refractivity contribution >= 4 is 5.97 Å². The molecule has 0 aromatic heterocycles. The molecule has 0 amide bonds. The minimum atomic E-state index is -1.79. The summed E-state index contributed by atoms with van der Waals surface area (Å²) >= 11 is 0. The number of carbonyl (C=O) groups excluding carboxylic acids is 1. The highest BCUT2D eigenvalue weighted by atomic mass is 16.7. The van der Waals surface area contributed by atoms with Gasteiger partial charge in [-0.3, -0.25) is 4.79 Å². The quantitative estimate of drug-likeness (QED) is 0.0720. The van der Waals surface area contributed by atoms with Crippen molar-refractivity contribution in [3.63, 3.8) is 0 Å². The Morgan fingerprint density at radius 1 is 0.486 bits per heavy atom. The second-order valence-corrected chi connectivity index (χ2v) is 21.1. The van der Waals surface area contributed by atoms with Crippen LogP contribution in [0.2, 0.25) is 0 Å². The lowest BCUT2D eigenvalue weighted by atomic mass is 9.73. The molecule has 26 heteroatoms. The molecule has 15 N–H and O–H groups in total. The number of fused-ring (bicyclic) bond motifs is 1. The summed E-state index contributed by atoms with van der Waals surface area (Å²) in [5, 5.41) is 158. The van der Waals surface area contributed by atoms with Gasteiger partial charge in [0.1, 0.15) is 98.2 Å². The van der Waals surface area contributed by atoms with Crippen molar-refractivity contribution in [1.82, 2.24) is 0 Å². The summed E-state index contributed by atoms with van der Waals surface area (Å²) in [5.41, 5.74) is 0. The summed E-state index contributed by atoms with van der Waals surface area (Å²) in [6.07, 6.45) is -31.9. The molecule has 26 atom stereocenters. The molecule has 5 saturated heterocycles. The third-order valence-corrected chi connectivity index (χ3v) is 16.2. The van der Waals surface area contributed by atoms with Crippen molar-refractivity contribution in [2.24, 2.45) is 17.8 Å². The standard InChI is InChI=1S/C46H76O26/c1-16-29(50)33(54)37(58)43(65-16)64-15-28-32(53)36(57)40(61)46(72-28)69-25-12-22-23(49)10-21(11-24(22)68-41(25)17-2-6-19(48)7-3-17)67-45-39(60)35(56)31(52)27(71-45)14-63-42(62)18-4-8-20(9-5-18)66-44-38(59)34(55)30(51)26(13-47)70-44/h16-41,43-61H,2-15H2,1H3/t16-,17?,18?,19?,20?,21?,22?,23?,24?,25?,26+,27+,28+,29-,30+,31+,32+,33+,34-,35-,36-,37+,38+,39+,40+,41?,43+,44+,45+,46+/m0/s1. The maximum absolute atomic E-state index is 13.2. The second kappa shape index (κ2) is 24.5. The van der Waals surface area contributed by atoms with Gasteiger partial charge < -0.3 is 124 Å². The minimum absolute atomic E-state index is 0.00249. The van der Waals surface area contributed by atoms with E-state index in [9.17, 15) is 81.4 Å². The molecule has 0 spiro atoms. The van der Waals surface area contributed by atoms with Crippen molar-refractivity contribution in [2.45, 2.75) is 243 Å². The summed E-state index contributed by atoms with van der Waals surface area (Å²) < 4.78 is 59.1. The van der Waals surface area contributed by atoms with Crippen LogP contribution in [0.5, 0.6) is 0 Å². The zero-order valence-electron chi connectivity index (χ0n) is 39.9. The lowest BCUT2D eigenvalue weighted by Gasteiger charge is -2.51. The molecule has 0 bridgehead atoms. The normalized spacial score (nSPS) is 52.6. The van der Waals surface area contributed by atoms with Gasteiger partial charge in [0.05, 0.1) is 68.0 Å². The maximum Gasteiger partial charge on any atom is 0.309 e. The molecule has 8 aliphatic rings. The highest BCUT2D eigenvalue weighted by Crippen LogP contribution is 2.45. The summed E-state index contributed by atoms with van der Waals surface area (Å²) in [6, 6.07) is 0. The molecule has 0 aromatic carbocycles. The Labute approximate surface area is 414 Å². The third kappa shape index (κ3) is 12.4. The molecule has 5 aliphatic heterocycles. The fourth-order valence-electron chi connectivity index (χ4n) is 11.6. The zero-order chi connectivity index (χ0) is 51.9. The van der Waals surface area contributed by atoms with E-state index in [-0.39, 0.29) is 25.2 Å². The van der Waals surface area contributed by atoms with Crippen LogP contribution in [0.4, 0.5) is 0 Å². The van der Waals surface area contributed by atoms with Gasteiger partial charge in [0, 0.05) is 18.8 Å². The van der Waals surface area contributed by atoms with Gasteiger partial charge >= 0.3 is 5.97 Å². The zero-order valence-corrected chi connectivity index (χ0v) is 39.9. The van der Waals surface area contributed by atoms with Gasteiger partial charge in [0.2, 0.25) is 0 Å². The van der Waals surface area contributed by atoms with E-state index in [1.54, 1.807) is 0 Å². The van der Waals surface area contributed by atoms with Crippen molar-refractivity contribution in [1.29, 1.82) is 0 Å². The fourth-order valence-corrected chi connectivity index (χ4v) is 11.6. The second-order valence-electron chi connectivity index (χ2n) is 21.1. The van der Waals surface area contributed by atoms with Gasteiger partial charge in [-0.2, -0.15) is 0 Å². The molecule has 5 heterocycles. The Bertz CT molecular complexity index is 1700. The molecule has 72 heavy (non-hydrogen) atoms. The molecule has 8 rings (SSSR count). The fraction of sp³-hybridized carbons (Fsp3) is 0.978. The first-order chi connectivity index (χ1) is 34.2. The Kier molecular flexibility index (Phi) is 19.3. The summed E-state index contributed by atoms with van der Waals surface area (Å²) in [7, 11) is 0. The number of aliphatic hydroxyl groups excluding tert-OH is 15. The lowest BCUT2D eigenvalue weighted by Crippen LogP contribution is -2.63. The Balaban J connectivity index is 0.853. The topological polar surface area (TPSA) is 413 Å². The third-order valence-electron chi connectivity index (χ3n) is 16.2. The molecule has 26 nitrogen and oxygen atoms in total. The Morgan fingerprint density at radius 2 is 1.00 bits per heavy atom. The van der Waals surface area contributed by atoms with E-state index >= 15 is 0 Å². The summed E-state index contributed by atoms with van der Waals surface area (Å²) in [6.45, 7) is -0.164. The number of hydrogen-bond acceptors (Lipinski definition) is 26. The van der Waals surface area contributed by atoms with Crippen LogP contribution in [0.3, 0.4) is 0 Å². The van der Waals surface area contributed by atoms with Crippen molar-refractivity contribution in [2.75, 3.05) is 19.8 Å². The van der Waals surface area contributed by atoms with E-state index in [0.717, 1.165) is 0 Å². The van der Waals surface area contributed by atoms with E-state index in [2.05, 4.69) is 0 Å². The van der Waals surface area contributed by atoms with Gasteiger partial charge in [0.15, 0.2) is 25.2 Å². The van der Waals surface area contributed by atoms with E-state index in [1.807, 2.05) is 0 Å². The molecular weight excluding hydrogens is 968 g/mol. The van der Waals surface area contributed by atoms with Crippen LogP contribution in [-0.2, 0) is 52.2 Å². The number of carbonyl (C=O) groups is 1. The Hall–Kier alpha value is -1.49. The van der Waals surface area contributed by atoms with Gasteiger partial charge in [-0.05, 0) is 70.6 Å². The van der Waals surface area contributed by atoms with Crippen LogP contribution < -0.4 is 0 Å². The first-order valence-electron chi connectivity index (χ1n) is 25.4. The van der Waals surface area contributed by atoms with Gasteiger partial charge in [0.25, 0.3) is 0 Å². The van der Waals surface area contributed by atoms with Crippen LogP contribution in [0.25, 0.3) is 0 Å². The van der Waals surface area contributed by atoms with Crippen LogP contribution in [-0.4, -0.2) is 268 Å². The maximum atomic E-state index is 13.2. The van der Waals surface area contributed by atoms with Gasteiger partial charge in [-0.15, -0.1) is 0 Å². The van der Waals surface area contributed by atoms with Crippen molar-refractivity contribution in [3.8, 4) is 0 Å². The molecule has 416 valence electrons. The smallest absolute Gasteiger partial charge is 0.309 e. The Morgan fingerprint density at radius 3 is 1.60 bits per heavy atom. The summed E-state index contributed by atoms with van der Waals surface area (Å²) in [4.78, 5) is 13.2. The van der Waals surface area contributed by atoms with Crippen LogP contribution in [0, 0.1) is 17.8 Å². The molecule has 6 unspecified atom stereocenters. The first kappa shape index (κ1) is 56.7. The van der Waals surface area contributed by atoms with E-state index in [0.29, 0.717) is 51.4 Å². The molecule has 0 radical (unpaired) electrons. The van der Waals surface area contributed by atoms with Crippen LogP contribution >= 0.6 is 0 Å². The predicted molar refractivity (Wildman–Crippen MR) is 233 cm³/mol. The van der Waals surface area contributed by atoms with Crippen molar-refractivity contribution in [3.05, 3.63) is 0 Å². The van der Waals surface area contributed by atoms with E-state index in [1.165, 1.54) is 6.92 Å². The highest BCUT2D eigenvalue weighted by molar-refractivity contribution is 5.72. The van der Waals surface area contributed by atoms with Crippen molar-refractivity contribution < 1.29 is 129 Å². The average molecular weight is 1050 g/mol. The van der Waals surface area contributed by atoms with Crippen LogP contribution in [0.15, 0.2) is 0 Å². The number of esters is 1. The van der Waals surface area contributed by atoms with E-state index < -0.39 is 203 Å². The molecule has 0 aromatic rings. The largest absolute Gasteiger partial charge is 0.463 e. The highest BCUT2D eigenvalue weighted by Gasteiger charge is 2.54. The molecule has 8 fully saturated rings. The summed E-state index contributed by atoms with van der Waals surface area (Å²) in [5.74, 6) is -1.96. The predicted octanol–water partition coefficient (Wildman–Crippen LogP) is -6.39. The molecule has 3 saturated carbocycles. The molecule has 3 aliphatic carbocycles.